The van der Waals surface area contributed by atoms with Crippen molar-refractivity contribution in [1.82, 2.24) is 4.90 Å². The summed E-state index contributed by atoms with van der Waals surface area (Å²) in [5.74, 6) is -0.0107. The van der Waals surface area contributed by atoms with Crippen LogP contribution in [0.25, 0.3) is 0 Å². The van der Waals surface area contributed by atoms with Crippen molar-refractivity contribution in [1.29, 1.82) is 0 Å². The fourth-order valence-electron chi connectivity index (χ4n) is 2.61. The van der Waals surface area contributed by atoms with Crippen molar-refractivity contribution < 1.29 is 18.7 Å². The van der Waals surface area contributed by atoms with Gasteiger partial charge in [0.1, 0.15) is 18.0 Å². The Kier molecular flexibility index (Phi) is 4.63. The Morgan fingerprint density at radius 3 is 2.91 bits per heavy atom. The molecule has 1 N–H and O–H groups in total. The van der Waals surface area contributed by atoms with Crippen molar-refractivity contribution >= 4 is 29.3 Å². The van der Waals surface area contributed by atoms with Crippen molar-refractivity contribution in [3.05, 3.63) is 30.1 Å². The number of ether oxygens (including phenoxy) is 1. The van der Waals surface area contributed by atoms with E-state index in [-0.39, 0.29) is 17.5 Å². The van der Waals surface area contributed by atoms with E-state index >= 15 is 0 Å². The van der Waals surface area contributed by atoms with Crippen LogP contribution in [-0.2, 0) is 14.3 Å². The largest absolute Gasteiger partial charge is 0.368 e. The van der Waals surface area contributed by atoms with Gasteiger partial charge in [0.25, 0.3) is 5.91 Å². The molecule has 0 saturated carbocycles. The van der Waals surface area contributed by atoms with Crippen LogP contribution in [-0.4, -0.2) is 47.1 Å². The van der Waals surface area contributed by atoms with Crippen molar-refractivity contribution in [3.8, 4) is 0 Å². The van der Waals surface area contributed by atoms with Crippen LogP contribution in [0.2, 0.25) is 0 Å². The number of carbonyl (C=O) groups excluding carboxylic acids is 2. The molecule has 2 aliphatic rings. The third kappa shape index (κ3) is 3.10. The zero-order valence-corrected chi connectivity index (χ0v) is 12.8. The SMILES string of the molecule is O=C(Nc1ccccc1F)C1CSCN1C(=O)C1CCCO1. The van der Waals surface area contributed by atoms with E-state index in [1.54, 1.807) is 12.1 Å². The number of carbonyl (C=O) groups is 2. The second-order valence-corrected chi connectivity index (χ2v) is 6.29. The van der Waals surface area contributed by atoms with E-state index in [2.05, 4.69) is 5.32 Å². The molecule has 3 rings (SSSR count). The first kappa shape index (κ1) is 15.3. The predicted octanol–water partition coefficient (Wildman–Crippen LogP) is 1.84. The molecular weight excluding hydrogens is 307 g/mol. The van der Waals surface area contributed by atoms with E-state index < -0.39 is 18.0 Å². The first-order valence-corrected chi connectivity index (χ1v) is 8.37. The van der Waals surface area contributed by atoms with Gasteiger partial charge in [0.05, 0.1) is 11.6 Å². The molecule has 5 nitrogen and oxygen atoms in total. The number of hydrogen-bond acceptors (Lipinski definition) is 4. The Bertz CT molecular complexity index is 578. The van der Waals surface area contributed by atoms with Crippen LogP contribution in [0, 0.1) is 5.82 Å². The second kappa shape index (κ2) is 6.66. The topological polar surface area (TPSA) is 58.6 Å². The molecule has 0 radical (unpaired) electrons. The normalized spacial score (nSPS) is 24.5. The maximum Gasteiger partial charge on any atom is 0.253 e. The maximum absolute atomic E-state index is 13.6. The Morgan fingerprint density at radius 2 is 2.18 bits per heavy atom. The van der Waals surface area contributed by atoms with Gasteiger partial charge >= 0.3 is 0 Å². The lowest BCUT2D eigenvalue weighted by atomic mass is 10.2. The van der Waals surface area contributed by atoms with E-state index in [4.69, 9.17) is 4.74 Å². The minimum Gasteiger partial charge on any atom is -0.368 e. The molecule has 0 aromatic heterocycles. The van der Waals surface area contributed by atoms with Crippen molar-refractivity contribution in [2.24, 2.45) is 0 Å². The number of nitrogens with one attached hydrogen (secondary N) is 1. The number of rotatable bonds is 3. The highest BCUT2D eigenvalue weighted by atomic mass is 32.2. The van der Waals surface area contributed by atoms with Crippen LogP contribution in [0.5, 0.6) is 0 Å². The van der Waals surface area contributed by atoms with Crippen LogP contribution in [0.3, 0.4) is 0 Å². The first-order chi connectivity index (χ1) is 10.7. The summed E-state index contributed by atoms with van der Waals surface area (Å²) in [6.07, 6.45) is 1.12. The Balaban J connectivity index is 1.68. The summed E-state index contributed by atoms with van der Waals surface area (Å²) in [5.41, 5.74) is 0.133. The van der Waals surface area contributed by atoms with Gasteiger partial charge in [-0.3, -0.25) is 9.59 Å². The highest BCUT2D eigenvalue weighted by Crippen LogP contribution is 2.26. The molecule has 1 aromatic carbocycles. The van der Waals surface area contributed by atoms with Crippen molar-refractivity contribution in [2.45, 2.75) is 25.0 Å². The van der Waals surface area contributed by atoms with Crippen molar-refractivity contribution in [2.75, 3.05) is 23.6 Å². The van der Waals surface area contributed by atoms with Gasteiger partial charge in [-0.15, -0.1) is 11.8 Å². The number of para-hydroxylation sites is 1. The minimum atomic E-state index is -0.582. The van der Waals surface area contributed by atoms with Gasteiger partial charge in [-0.05, 0) is 25.0 Å². The number of nitrogens with zero attached hydrogens (tertiary/aromatic N) is 1. The molecule has 2 atom stereocenters. The molecule has 118 valence electrons. The molecule has 7 heteroatoms. The molecule has 2 saturated heterocycles. The average Bonchev–Trinajstić information content (AvgIpc) is 3.20. The summed E-state index contributed by atoms with van der Waals surface area (Å²) in [7, 11) is 0. The Morgan fingerprint density at radius 1 is 1.36 bits per heavy atom. The summed E-state index contributed by atoms with van der Waals surface area (Å²) < 4.78 is 19.0. The fraction of sp³-hybridized carbons (Fsp3) is 0.467. The van der Waals surface area contributed by atoms with E-state index in [1.807, 2.05) is 0 Å². The van der Waals surface area contributed by atoms with Gasteiger partial charge < -0.3 is 15.0 Å². The van der Waals surface area contributed by atoms with Crippen LogP contribution < -0.4 is 5.32 Å². The standard InChI is InChI=1S/C15H17FN2O3S/c16-10-4-1-2-5-11(10)17-14(19)12-8-22-9-18(12)15(20)13-6-3-7-21-13/h1-2,4-5,12-13H,3,6-9H2,(H,17,19). The highest BCUT2D eigenvalue weighted by molar-refractivity contribution is 7.99. The quantitative estimate of drug-likeness (QED) is 0.922. The summed E-state index contributed by atoms with van der Waals surface area (Å²) >= 11 is 1.52. The van der Waals surface area contributed by atoms with Gasteiger partial charge in [0.15, 0.2) is 0 Å². The van der Waals surface area contributed by atoms with Gasteiger partial charge in [-0.1, -0.05) is 12.1 Å². The monoisotopic (exact) mass is 324 g/mol. The van der Waals surface area contributed by atoms with Gasteiger partial charge in [-0.25, -0.2) is 4.39 Å². The lowest BCUT2D eigenvalue weighted by Gasteiger charge is -2.25. The van der Waals surface area contributed by atoms with Gasteiger partial charge in [-0.2, -0.15) is 0 Å². The van der Waals surface area contributed by atoms with Gasteiger partial charge in [0.2, 0.25) is 5.91 Å². The number of anilines is 1. The van der Waals surface area contributed by atoms with Crippen LogP contribution >= 0.6 is 11.8 Å². The predicted molar refractivity (Wildman–Crippen MR) is 82.0 cm³/mol. The second-order valence-electron chi connectivity index (χ2n) is 5.29. The molecule has 0 spiro atoms. The summed E-state index contributed by atoms with van der Waals surface area (Å²) in [5, 5.41) is 2.57. The highest BCUT2D eigenvalue weighted by Gasteiger charge is 2.39. The third-order valence-electron chi connectivity index (χ3n) is 3.80. The number of hydrogen-bond donors (Lipinski definition) is 1. The smallest absolute Gasteiger partial charge is 0.253 e. The summed E-state index contributed by atoms with van der Waals surface area (Å²) in [6.45, 7) is 0.587. The lowest BCUT2D eigenvalue weighted by Crippen LogP contribution is -2.48. The van der Waals surface area contributed by atoms with E-state index in [0.29, 0.717) is 24.7 Å². The minimum absolute atomic E-state index is 0.133. The Hall–Kier alpha value is -1.60. The van der Waals surface area contributed by atoms with Gasteiger partial charge in [0, 0.05) is 12.4 Å². The first-order valence-electron chi connectivity index (χ1n) is 7.22. The summed E-state index contributed by atoms with van der Waals surface area (Å²) in [6, 6.07) is 5.41. The van der Waals surface area contributed by atoms with E-state index in [0.717, 1.165) is 6.42 Å². The van der Waals surface area contributed by atoms with Crippen LogP contribution in [0.4, 0.5) is 10.1 Å². The Labute approximate surface area is 132 Å². The zero-order chi connectivity index (χ0) is 15.5. The molecule has 0 aliphatic carbocycles. The van der Waals surface area contributed by atoms with Crippen LogP contribution in [0.15, 0.2) is 24.3 Å². The molecule has 22 heavy (non-hydrogen) atoms. The number of benzene rings is 1. The molecule has 2 unspecified atom stereocenters. The molecule has 2 aliphatic heterocycles. The number of halogens is 1. The third-order valence-corrected chi connectivity index (χ3v) is 4.82. The lowest BCUT2D eigenvalue weighted by molar-refractivity contribution is -0.144. The molecular formula is C15H17FN2O3S. The molecule has 2 amide bonds. The van der Waals surface area contributed by atoms with Crippen LogP contribution in [0.1, 0.15) is 12.8 Å². The van der Waals surface area contributed by atoms with E-state index in [9.17, 15) is 14.0 Å². The fourth-order valence-corrected chi connectivity index (χ4v) is 3.78. The average molecular weight is 324 g/mol. The van der Waals surface area contributed by atoms with E-state index in [1.165, 1.54) is 28.8 Å². The molecule has 2 fully saturated rings. The van der Waals surface area contributed by atoms with Crippen molar-refractivity contribution in [3.63, 3.8) is 0 Å². The molecule has 2 heterocycles. The molecule has 0 bridgehead atoms. The zero-order valence-electron chi connectivity index (χ0n) is 12.0. The number of thioether (sulfide) groups is 1. The molecule has 1 aromatic rings. The summed E-state index contributed by atoms with van der Waals surface area (Å²) in [4.78, 5) is 26.3. The maximum atomic E-state index is 13.6. The number of amides is 2.